The summed E-state index contributed by atoms with van der Waals surface area (Å²) in [6.07, 6.45) is 5.48. The molecule has 1 aromatic heterocycles. The number of rotatable bonds is 7. The van der Waals surface area contributed by atoms with Crippen LogP contribution in [0.25, 0.3) is 6.08 Å². The fourth-order valence-electron chi connectivity index (χ4n) is 2.02. The fourth-order valence-corrected chi connectivity index (χ4v) is 2.02. The molecule has 25 heavy (non-hydrogen) atoms. The Morgan fingerprint density at radius 2 is 2.00 bits per heavy atom. The second-order valence-corrected chi connectivity index (χ2v) is 5.15. The lowest BCUT2D eigenvalue weighted by atomic mass is 10.2. The summed E-state index contributed by atoms with van der Waals surface area (Å²) in [6, 6.07) is 12.9. The van der Waals surface area contributed by atoms with E-state index in [1.54, 1.807) is 18.3 Å². The molecule has 0 fully saturated rings. The van der Waals surface area contributed by atoms with E-state index in [-0.39, 0.29) is 12.3 Å². The van der Waals surface area contributed by atoms with Crippen LogP contribution in [0.2, 0.25) is 0 Å². The molecule has 1 heterocycles. The Labute approximate surface area is 146 Å². The molecule has 2 rings (SSSR count). The number of nitrogens with zero attached hydrogens (tertiary/aromatic N) is 1. The Morgan fingerprint density at radius 1 is 1.20 bits per heavy atom. The minimum Gasteiger partial charge on any atom is -0.464 e. The van der Waals surface area contributed by atoms with E-state index in [2.05, 4.69) is 15.0 Å². The lowest BCUT2D eigenvalue weighted by molar-refractivity contribution is 0.0594. The molecule has 6 heteroatoms. The summed E-state index contributed by atoms with van der Waals surface area (Å²) in [5.74, 6) is -0.474. The van der Waals surface area contributed by atoms with E-state index in [9.17, 15) is 9.59 Å². The highest BCUT2D eigenvalue weighted by atomic mass is 16.5. The van der Waals surface area contributed by atoms with Crippen LogP contribution >= 0.6 is 0 Å². The van der Waals surface area contributed by atoms with Gasteiger partial charge in [-0.25, -0.2) is 14.6 Å². The first-order valence-corrected chi connectivity index (χ1v) is 7.84. The normalized spacial score (nSPS) is 10.4. The highest BCUT2D eigenvalue weighted by Crippen LogP contribution is 2.06. The number of nitrogens with one attached hydrogen (secondary N) is 1. The van der Waals surface area contributed by atoms with Crippen molar-refractivity contribution in [2.75, 3.05) is 13.7 Å². The van der Waals surface area contributed by atoms with Crippen molar-refractivity contribution < 1.29 is 19.1 Å². The average Bonchev–Trinajstić information content (AvgIpc) is 2.66. The van der Waals surface area contributed by atoms with E-state index in [1.165, 1.54) is 7.11 Å². The third-order valence-electron chi connectivity index (χ3n) is 3.28. The summed E-state index contributed by atoms with van der Waals surface area (Å²) in [6.45, 7) is 0.703. The van der Waals surface area contributed by atoms with Crippen LogP contribution in [0.1, 0.15) is 28.0 Å². The number of methoxy groups -OCH3 is 1. The number of hydrogen-bond donors (Lipinski definition) is 1. The van der Waals surface area contributed by atoms with Crippen LogP contribution in [0.3, 0.4) is 0 Å². The second kappa shape index (κ2) is 9.87. The van der Waals surface area contributed by atoms with Crippen molar-refractivity contribution >= 4 is 18.1 Å². The summed E-state index contributed by atoms with van der Waals surface area (Å²) < 4.78 is 9.74. The maximum atomic E-state index is 11.6. The first-order valence-electron chi connectivity index (χ1n) is 7.84. The van der Waals surface area contributed by atoms with Crippen molar-refractivity contribution in [1.29, 1.82) is 0 Å². The van der Waals surface area contributed by atoms with E-state index >= 15 is 0 Å². The summed E-state index contributed by atoms with van der Waals surface area (Å²) in [5, 5.41) is 2.68. The number of esters is 1. The summed E-state index contributed by atoms with van der Waals surface area (Å²) in [4.78, 5) is 26.9. The molecule has 2 aromatic rings. The van der Waals surface area contributed by atoms with Crippen molar-refractivity contribution in [2.24, 2.45) is 0 Å². The molecule has 1 N–H and O–H groups in total. The molecule has 0 unspecified atom stereocenters. The van der Waals surface area contributed by atoms with Crippen LogP contribution in [-0.2, 0) is 16.1 Å². The molecule has 1 amide bonds. The molecule has 0 bridgehead atoms. The van der Waals surface area contributed by atoms with Crippen molar-refractivity contribution in [2.45, 2.75) is 13.0 Å². The zero-order chi connectivity index (χ0) is 17.9. The zero-order valence-electron chi connectivity index (χ0n) is 14.0. The van der Waals surface area contributed by atoms with Crippen LogP contribution in [0.4, 0.5) is 4.79 Å². The smallest absolute Gasteiger partial charge is 0.407 e. The summed E-state index contributed by atoms with van der Waals surface area (Å²) >= 11 is 0. The van der Waals surface area contributed by atoms with Gasteiger partial charge in [-0.1, -0.05) is 42.5 Å². The van der Waals surface area contributed by atoms with Gasteiger partial charge in [0, 0.05) is 12.7 Å². The quantitative estimate of drug-likeness (QED) is 0.619. The maximum absolute atomic E-state index is 11.6. The lowest BCUT2D eigenvalue weighted by Crippen LogP contribution is -2.24. The van der Waals surface area contributed by atoms with Gasteiger partial charge in [-0.3, -0.25) is 0 Å². The highest BCUT2D eigenvalue weighted by molar-refractivity contribution is 5.87. The van der Waals surface area contributed by atoms with Crippen LogP contribution in [-0.4, -0.2) is 30.7 Å². The van der Waals surface area contributed by atoms with Crippen molar-refractivity contribution in [3.63, 3.8) is 0 Å². The Balaban J connectivity index is 1.69. The van der Waals surface area contributed by atoms with E-state index in [1.807, 2.05) is 42.5 Å². The van der Waals surface area contributed by atoms with Gasteiger partial charge in [-0.15, -0.1) is 0 Å². The molecular formula is C19H20N2O4. The third kappa shape index (κ3) is 6.47. The van der Waals surface area contributed by atoms with Gasteiger partial charge < -0.3 is 14.8 Å². The van der Waals surface area contributed by atoms with Gasteiger partial charge in [0.15, 0.2) is 0 Å². The first kappa shape index (κ1) is 18.2. The third-order valence-corrected chi connectivity index (χ3v) is 3.28. The van der Waals surface area contributed by atoms with E-state index in [4.69, 9.17) is 4.74 Å². The number of pyridine rings is 1. The van der Waals surface area contributed by atoms with Gasteiger partial charge in [0.2, 0.25) is 0 Å². The fraction of sp³-hybridized carbons (Fsp3) is 0.211. The number of benzene rings is 1. The van der Waals surface area contributed by atoms with Gasteiger partial charge in [-0.2, -0.15) is 0 Å². The predicted molar refractivity (Wildman–Crippen MR) is 93.9 cm³/mol. The van der Waals surface area contributed by atoms with Gasteiger partial charge in [0.05, 0.1) is 7.11 Å². The predicted octanol–water partition coefficient (Wildman–Crippen LogP) is 3.20. The number of carbonyl (C=O) groups excluding carboxylic acids is 2. The largest absolute Gasteiger partial charge is 0.464 e. The number of ether oxygens (including phenoxy) is 2. The standard InChI is InChI=1S/C19H20N2O4/c1-24-18(22)17-13-15(10-12-20-17)7-5-6-11-21-19(23)25-14-16-8-3-2-4-9-16/h2-5,7-10,12-13H,6,11,14H2,1H3,(H,21,23). The van der Waals surface area contributed by atoms with E-state index in [0.29, 0.717) is 13.0 Å². The molecule has 0 aliphatic carbocycles. The maximum Gasteiger partial charge on any atom is 0.407 e. The molecule has 1 aromatic carbocycles. The Morgan fingerprint density at radius 3 is 2.76 bits per heavy atom. The second-order valence-electron chi connectivity index (χ2n) is 5.15. The molecule has 0 aliphatic heterocycles. The minimum absolute atomic E-state index is 0.246. The molecule has 6 nitrogen and oxygen atoms in total. The molecular weight excluding hydrogens is 320 g/mol. The number of carbonyl (C=O) groups is 2. The van der Waals surface area contributed by atoms with Crippen LogP contribution in [0.5, 0.6) is 0 Å². The Kier molecular flexibility index (Phi) is 7.18. The van der Waals surface area contributed by atoms with Crippen LogP contribution in [0, 0.1) is 0 Å². The number of alkyl carbamates (subject to hydrolysis) is 1. The number of amides is 1. The minimum atomic E-state index is -0.474. The summed E-state index contributed by atoms with van der Waals surface area (Å²) in [5.41, 5.74) is 2.03. The lowest BCUT2D eigenvalue weighted by Gasteiger charge is -2.05. The van der Waals surface area contributed by atoms with Crippen molar-refractivity contribution in [3.8, 4) is 0 Å². The molecule has 0 saturated carbocycles. The zero-order valence-corrected chi connectivity index (χ0v) is 14.0. The topological polar surface area (TPSA) is 77.5 Å². The average molecular weight is 340 g/mol. The van der Waals surface area contributed by atoms with Crippen molar-refractivity contribution in [3.05, 3.63) is 71.6 Å². The molecule has 0 aliphatic rings. The van der Waals surface area contributed by atoms with Gasteiger partial charge in [0.1, 0.15) is 12.3 Å². The monoisotopic (exact) mass is 340 g/mol. The Hall–Kier alpha value is -3.15. The highest BCUT2D eigenvalue weighted by Gasteiger charge is 2.06. The number of aromatic nitrogens is 1. The number of hydrogen-bond acceptors (Lipinski definition) is 5. The van der Waals surface area contributed by atoms with Gasteiger partial charge >= 0.3 is 12.1 Å². The van der Waals surface area contributed by atoms with Gasteiger partial charge in [-0.05, 0) is 29.7 Å². The molecule has 130 valence electrons. The van der Waals surface area contributed by atoms with Crippen molar-refractivity contribution in [1.82, 2.24) is 10.3 Å². The molecule has 0 saturated heterocycles. The summed E-state index contributed by atoms with van der Waals surface area (Å²) in [7, 11) is 1.31. The molecule has 0 radical (unpaired) electrons. The van der Waals surface area contributed by atoms with Gasteiger partial charge in [0.25, 0.3) is 0 Å². The van der Waals surface area contributed by atoms with Crippen LogP contribution < -0.4 is 5.32 Å². The molecule has 0 atom stereocenters. The SMILES string of the molecule is COC(=O)c1cc(C=CCCNC(=O)OCc2ccccc2)ccn1. The molecule has 0 spiro atoms. The van der Waals surface area contributed by atoms with E-state index < -0.39 is 12.1 Å². The van der Waals surface area contributed by atoms with E-state index in [0.717, 1.165) is 11.1 Å². The first-order chi connectivity index (χ1) is 12.2. The Bertz CT molecular complexity index is 729. The van der Waals surface area contributed by atoms with Crippen LogP contribution in [0.15, 0.2) is 54.7 Å².